The monoisotopic (exact) mass is 588 g/mol. The Labute approximate surface area is 271 Å². The molecule has 0 unspecified atom stereocenters. The van der Waals surface area contributed by atoms with Crippen molar-refractivity contribution in [2.45, 2.75) is 6.32 Å². The molecule has 0 fully saturated rings. The molecule has 0 bridgehead atoms. The molecular formula is C41H31B3O2. The van der Waals surface area contributed by atoms with Gasteiger partial charge in [0, 0.05) is 11.1 Å². The summed E-state index contributed by atoms with van der Waals surface area (Å²) in [5, 5.41) is 31.8. The van der Waals surface area contributed by atoms with Gasteiger partial charge in [0.05, 0.1) is 0 Å². The molecule has 0 atom stereocenters. The van der Waals surface area contributed by atoms with Crippen LogP contribution in [0, 0.1) is 0 Å². The van der Waals surface area contributed by atoms with Crippen molar-refractivity contribution in [3.8, 4) is 44.9 Å². The maximum Gasteiger partial charge on any atom is 0.165 e. The lowest BCUT2D eigenvalue weighted by atomic mass is 9.70. The summed E-state index contributed by atoms with van der Waals surface area (Å²) < 4.78 is 0. The van der Waals surface area contributed by atoms with Crippen molar-refractivity contribution >= 4 is 77.6 Å². The van der Waals surface area contributed by atoms with E-state index >= 15 is 0 Å². The van der Waals surface area contributed by atoms with E-state index < -0.39 is 0 Å². The van der Waals surface area contributed by atoms with Gasteiger partial charge in [0.25, 0.3) is 0 Å². The van der Waals surface area contributed by atoms with Crippen LogP contribution in [0.2, 0.25) is 0 Å². The molecule has 216 valence electrons. The Kier molecular flexibility index (Phi) is 6.65. The van der Waals surface area contributed by atoms with Gasteiger partial charge in [-0.25, -0.2) is 0 Å². The third-order valence-corrected chi connectivity index (χ3v) is 9.90. The van der Waals surface area contributed by atoms with E-state index in [1.165, 1.54) is 38.2 Å². The summed E-state index contributed by atoms with van der Waals surface area (Å²) in [7, 11) is 6.03. The zero-order valence-corrected chi connectivity index (χ0v) is 26.2. The van der Waals surface area contributed by atoms with Crippen LogP contribution < -0.4 is 10.9 Å². The summed E-state index contributed by atoms with van der Waals surface area (Å²) in [4.78, 5) is 0. The van der Waals surface area contributed by atoms with E-state index in [-0.39, 0.29) is 11.5 Å². The van der Waals surface area contributed by atoms with Crippen LogP contribution in [0.3, 0.4) is 0 Å². The molecule has 0 saturated heterocycles. The lowest BCUT2D eigenvalue weighted by Crippen LogP contribution is -2.30. The van der Waals surface area contributed by atoms with Crippen molar-refractivity contribution < 1.29 is 10.2 Å². The summed E-state index contributed by atoms with van der Waals surface area (Å²) in [6.45, 7) is 0. The lowest BCUT2D eigenvalue weighted by Gasteiger charge is -2.23. The number of hydrogen-bond acceptors (Lipinski definition) is 2. The third kappa shape index (κ3) is 4.15. The standard InChI is InChI=1S/C41H31B3O2/c42-22-34-37(40(45)41(46)39(44)38(34)43)36-30-16-8-6-14-28(30)35(29-15-7-9-17-31(29)36)25-19-18-24-20-32(23-10-2-1-3-11-23)26-12-4-5-13-27(26)33(24)21-25/h1-21,45-46H,22,42-44H2. The zero-order valence-electron chi connectivity index (χ0n) is 26.2. The lowest BCUT2D eigenvalue weighted by molar-refractivity contribution is 0.408. The minimum absolute atomic E-state index is 0.0433. The van der Waals surface area contributed by atoms with Crippen molar-refractivity contribution in [2.75, 3.05) is 0 Å². The highest BCUT2D eigenvalue weighted by molar-refractivity contribution is 6.51. The first-order valence-electron chi connectivity index (χ1n) is 16.0. The molecule has 0 heterocycles. The van der Waals surface area contributed by atoms with Crippen LogP contribution in [-0.2, 0) is 6.32 Å². The highest BCUT2D eigenvalue weighted by atomic mass is 16.3. The maximum atomic E-state index is 11.5. The fourth-order valence-corrected chi connectivity index (χ4v) is 7.56. The molecule has 5 heteroatoms. The molecule has 8 rings (SSSR count). The van der Waals surface area contributed by atoms with Crippen LogP contribution in [0.4, 0.5) is 0 Å². The number of aromatic hydroxyl groups is 2. The SMILES string of the molecule is BCc1c(B)c(B)c(O)c(O)c1-c1c2ccccc2c(-c2ccc3cc(-c4ccccc4)c4ccccc4c3c2)c2ccccc12. The highest BCUT2D eigenvalue weighted by Crippen LogP contribution is 2.48. The Balaban J connectivity index is 1.47. The Morgan fingerprint density at radius 2 is 0.978 bits per heavy atom. The Hall–Kier alpha value is -5.41. The second-order valence-corrected chi connectivity index (χ2v) is 12.3. The number of phenols is 2. The molecular weight excluding hydrogens is 557 g/mol. The van der Waals surface area contributed by atoms with E-state index in [4.69, 9.17) is 0 Å². The zero-order chi connectivity index (χ0) is 31.5. The van der Waals surface area contributed by atoms with Gasteiger partial charge < -0.3 is 10.2 Å². The third-order valence-electron chi connectivity index (χ3n) is 9.90. The number of rotatable bonds is 4. The molecule has 0 aliphatic carbocycles. The van der Waals surface area contributed by atoms with Gasteiger partial charge in [-0.05, 0) is 77.5 Å². The predicted molar refractivity (Wildman–Crippen MR) is 205 cm³/mol. The van der Waals surface area contributed by atoms with E-state index in [1.807, 2.05) is 15.7 Å². The van der Waals surface area contributed by atoms with E-state index in [2.05, 4.69) is 135 Å². The van der Waals surface area contributed by atoms with Crippen LogP contribution >= 0.6 is 0 Å². The van der Waals surface area contributed by atoms with Gasteiger partial charge in [0.1, 0.15) is 23.5 Å². The van der Waals surface area contributed by atoms with Crippen molar-refractivity contribution in [3.05, 3.63) is 133 Å². The molecule has 8 aromatic carbocycles. The van der Waals surface area contributed by atoms with Crippen molar-refractivity contribution in [1.82, 2.24) is 0 Å². The number of fused-ring (bicyclic) bond motifs is 5. The molecule has 8 aromatic rings. The van der Waals surface area contributed by atoms with Gasteiger partial charge in [-0.1, -0.05) is 138 Å². The Morgan fingerprint density at radius 3 is 1.59 bits per heavy atom. The molecule has 0 spiro atoms. The van der Waals surface area contributed by atoms with Gasteiger partial charge in [-0.2, -0.15) is 0 Å². The molecule has 0 aliphatic heterocycles. The summed E-state index contributed by atoms with van der Waals surface area (Å²) in [6, 6.07) is 45.4. The fraction of sp³-hybridized carbons (Fsp3) is 0.0244. The van der Waals surface area contributed by atoms with Crippen LogP contribution in [0.5, 0.6) is 11.5 Å². The van der Waals surface area contributed by atoms with Crippen molar-refractivity contribution in [3.63, 3.8) is 0 Å². The molecule has 0 radical (unpaired) electrons. The smallest absolute Gasteiger partial charge is 0.165 e. The average molecular weight is 588 g/mol. The number of hydrogen-bond donors (Lipinski definition) is 2. The first-order chi connectivity index (χ1) is 22.5. The van der Waals surface area contributed by atoms with Gasteiger partial charge in [-0.3, -0.25) is 0 Å². The quantitative estimate of drug-likeness (QED) is 0.109. The fourth-order valence-electron chi connectivity index (χ4n) is 7.56. The van der Waals surface area contributed by atoms with Gasteiger partial charge >= 0.3 is 0 Å². The normalized spacial score (nSPS) is 11.6. The average Bonchev–Trinajstić information content (AvgIpc) is 3.11. The molecule has 0 aliphatic rings. The van der Waals surface area contributed by atoms with Gasteiger partial charge in [0.15, 0.2) is 11.5 Å². The summed E-state index contributed by atoms with van der Waals surface area (Å²) >= 11 is 0. The topological polar surface area (TPSA) is 40.5 Å². The Bertz CT molecular complexity index is 2450. The van der Waals surface area contributed by atoms with Gasteiger partial charge in [-0.15, -0.1) is 0 Å². The first kappa shape index (κ1) is 28.1. The summed E-state index contributed by atoms with van der Waals surface area (Å²) in [6.07, 6.45) is 0.739. The van der Waals surface area contributed by atoms with E-state index in [0.717, 1.165) is 61.0 Å². The van der Waals surface area contributed by atoms with Crippen LogP contribution in [-0.4, -0.2) is 33.8 Å². The minimum atomic E-state index is -0.0469. The molecule has 2 nitrogen and oxygen atoms in total. The second kappa shape index (κ2) is 10.9. The summed E-state index contributed by atoms with van der Waals surface area (Å²) in [5.41, 5.74) is 9.24. The van der Waals surface area contributed by atoms with Crippen molar-refractivity contribution in [2.24, 2.45) is 0 Å². The van der Waals surface area contributed by atoms with Crippen LogP contribution in [0.1, 0.15) is 5.56 Å². The van der Waals surface area contributed by atoms with E-state index in [9.17, 15) is 10.2 Å². The maximum absolute atomic E-state index is 11.5. The largest absolute Gasteiger partial charge is 0.505 e. The van der Waals surface area contributed by atoms with E-state index in [1.54, 1.807) is 0 Å². The first-order valence-corrected chi connectivity index (χ1v) is 16.0. The van der Waals surface area contributed by atoms with Crippen LogP contribution in [0.15, 0.2) is 127 Å². The van der Waals surface area contributed by atoms with Crippen molar-refractivity contribution in [1.29, 1.82) is 0 Å². The number of phenolic OH excluding ortho intramolecular Hbond substituents is 2. The molecule has 2 N–H and O–H groups in total. The molecule has 46 heavy (non-hydrogen) atoms. The number of benzene rings is 8. The molecule has 0 aromatic heterocycles. The van der Waals surface area contributed by atoms with Crippen LogP contribution in [0.25, 0.3) is 76.5 Å². The second-order valence-electron chi connectivity index (χ2n) is 12.3. The summed E-state index contributed by atoms with van der Waals surface area (Å²) in [5.74, 6) is -0.0902. The predicted octanol–water partition coefficient (Wildman–Crippen LogP) is 6.36. The minimum Gasteiger partial charge on any atom is -0.505 e. The molecule has 0 saturated carbocycles. The Morgan fingerprint density at radius 1 is 0.435 bits per heavy atom. The van der Waals surface area contributed by atoms with E-state index in [0.29, 0.717) is 0 Å². The van der Waals surface area contributed by atoms with Gasteiger partial charge in [0.2, 0.25) is 0 Å². The highest BCUT2D eigenvalue weighted by Gasteiger charge is 2.24. The molecule has 0 amide bonds.